The number of aliphatic carboxylic acids is 1. The number of esters is 1. The van der Waals surface area contributed by atoms with E-state index in [0.29, 0.717) is 0 Å². The van der Waals surface area contributed by atoms with Gasteiger partial charge in [-0.3, -0.25) is 24.5 Å². The van der Waals surface area contributed by atoms with Crippen molar-refractivity contribution in [2.45, 2.75) is 32.2 Å². The number of nitro groups is 1. The van der Waals surface area contributed by atoms with Crippen LogP contribution in [0, 0.1) is 10.1 Å². The fourth-order valence-electron chi connectivity index (χ4n) is 3.20. The molecule has 0 aromatic heterocycles. The summed E-state index contributed by atoms with van der Waals surface area (Å²) in [7, 11) is 0. The summed E-state index contributed by atoms with van der Waals surface area (Å²) in [5.74, 6) is -4.41. The van der Waals surface area contributed by atoms with Gasteiger partial charge in [0.15, 0.2) is 0 Å². The Labute approximate surface area is 188 Å². The Bertz CT molecular complexity index is 1050. The van der Waals surface area contributed by atoms with Crippen LogP contribution < -0.4 is 10.6 Å². The number of nitro benzene ring substituents is 1. The van der Waals surface area contributed by atoms with E-state index < -0.39 is 47.1 Å². The van der Waals surface area contributed by atoms with Crippen LogP contribution in [0.25, 0.3) is 0 Å². The molecule has 0 aliphatic rings. The molecule has 0 saturated carbocycles. The third kappa shape index (κ3) is 6.86. The predicted octanol–water partition coefficient (Wildman–Crippen LogP) is 2.47. The first-order valence-corrected chi connectivity index (χ1v) is 9.94. The molecule has 0 spiro atoms. The standard InChI is InChI=1S/C22H23N3O8/c1-3-33-19(27)12-17(14-8-10-15(11-9-14)25(31)32)20(22(29)30)24-21(28)16-6-4-5-7-18(16)23-13(2)26/h4-11,17,20H,3,12H2,1-2H3,(H,23,26)(H,24,28)(H,29,30)/t17-,20-/m1/s1. The van der Waals surface area contributed by atoms with Gasteiger partial charge in [0.1, 0.15) is 6.04 Å². The summed E-state index contributed by atoms with van der Waals surface area (Å²) in [5, 5.41) is 25.7. The number of rotatable bonds is 10. The Balaban J connectivity index is 2.42. The highest BCUT2D eigenvalue weighted by Crippen LogP contribution is 2.27. The molecule has 3 N–H and O–H groups in total. The van der Waals surface area contributed by atoms with Crippen molar-refractivity contribution in [3.63, 3.8) is 0 Å². The van der Waals surface area contributed by atoms with E-state index in [1.54, 1.807) is 19.1 Å². The molecule has 2 atom stereocenters. The molecule has 0 fully saturated rings. The zero-order valence-electron chi connectivity index (χ0n) is 17.9. The monoisotopic (exact) mass is 457 g/mol. The molecule has 0 unspecified atom stereocenters. The molecule has 2 rings (SSSR count). The number of hydrogen-bond donors (Lipinski definition) is 3. The molecule has 2 aromatic rings. The second-order valence-corrected chi connectivity index (χ2v) is 6.98. The van der Waals surface area contributed by atoms with Crippen molar-refractivity contribution in [1.29, 1.82) is 0 Å². The molecule has 11 heteroatoms. The van der Waals surface area contributed by atoms with Crippen LogP contribution in [-0.4, -0.2) is 46.4 Å². The average molecular weight is 457 g/mol. The lowest BCUT2D eigenvalue weighted by Crippen LogP contribution is -2.45. The lowest BCUT2D eigenvalue weighted by Gasteiger charge is -2.25. The average Bonchev–Trinajstić information content (AvgIpc) is 2.76. The Kier molecular flexibility index (Phi) is 8.61. The van der Waals surface area contributed by atoms with Crippen molar-refractivity contribution in [1.82, 2.24) is 5.32 Å². The highest BCUT2D eigenvalue weighted by Gasteiger charge is 2.34. The first-order chi connectivity index (χ1) is 15.6. The summed E-state index contributed by atoms with van der Waals surface area (Å²) in [5.41, 5.74) is 0.284. The van der Waals surface area contributed by atoms with Gasteiger partial charge in [-0.2, -0.15) is 0 Å². The number of hydrogen-bond acceptors (Lipinski definition) is 7. The number of para-hydroxylation sites is 1. The fraction of sp³-hybridized carbons (Fsp3) is 0.273. The topological polar surface area (TPSA) is 165 Å². The first kappa shape index (κ1) is 25.0. The van der Waals surface area contributed by atoms with Gasteiger partial charge in [-0.1, -0.05) is 24.3 Å². The van der Waals surface area contributed by atoms with E-state index in [1.165, 1.54) is 43.3 Å². The number of nitrogens with one attached hydrogen (secondary N) is 2. The fourth-order valence-corrected chi connectivity index (χ4v) is 3.20. The third-order valence-electron chi connectivity index (χ3n) is 4.66. The summed E-state index contributed by atoms with van der Waals surface area (Å²) in [6.07, 6.45) is -0.393. The molecular weight excluding hydrogens is 434 g/mol. The Hall–Kier alpha value is -4.28. The number of nitrogens with zero attached hydrogens (tertiary/aromatic N) is 1. The van der Waals surface area contributed by atoms with Gasteiger partial charge >= 0.3 is 11.9 Å². The largest absolute Gasteiger partial charge is 0.480 e. The number of ether oxygens (including phenoxy) is 1. The maximum absolute atomic E-state index is 12.9. The number of non-ortho nitro benzene ring substituents is 1. The molecule has 11 nitrogen and oxygen atoms in total. The van der Waals surface area contributed by atoms with Crippen molar-refractivity contribution in [2.75, 3.05) is 11.9 Å². The molecule has 174 valence electrons. The summed E-state index contributed by atoms with van der Waals surface area (Å²) in [6.45, 7) is 2.92. The molecule has 33 heavy (non-hydrogen) atoms. The maximum atomic E-state index is 12.9. The molecule has 2 amide bonds. The number of carbonyl (C=O) groups is 4. The number of carboxylic acid groups (broad SMARTS) is 1. The number of amides is 2. The van der Waals surface area contributed by atoms with E-state index in [0.717, 1.165) is 0 Å². The van der Waals surface area contributed by atoms with Gasteiger partial charge < -0.3 is 20.5 Å². The minimum absolute atomic E-state index is 0.0255. The van der Waals surface area contributed by atoms with Gasteiger partial charge in [0.2, 0.25) is 5.91 Å². The van der Waals surface area contributed by atoms with E-state index in [9.17, 15) is 34.4 Å². The minimum atomic E-state index is -1.58. The molecule has 0 aliphatic heterocycles. The molecular formula is C22H23N3O8. The second kappa shape index (κ2) is 11.4. The van der Waals surface area contributed by atoms with Crippen LogP contribution in [0.5, 0.6) is 0 Å². The molecule has 2 aromatic carbocycles. The first-order valence-electron chi connectivity index (χ1n) is 9.94. The normalized spacial score (nSPS) is 12.2. The molecule has 0 radical (unpaired) electrons. The summed E-state index contributed by atoms with van der Waals surface area (Å²) in [4.78, 5) is 59.0. The zero-order chi connectivity index (χ0) is 24.5. The van der Waals surface area contributed by atoms with Crippen LogP contribution in [0.3, 0.4) is 0 Å². The summed E-state index contributed by atoms with van der Waals surface area (Å²) in [6, 6.07) is 9.48. The highest BCUT2D eigenvalue weighted by molar-refractivity contribution is 6.04. The van der Waals surface area contributed by atoms with E-state index in [4.69, 9.17) is 4.74 Å². The van der Waals surface area contributed by atoms with Crippen LogP contribution in [0.4, 0.5) is 11.4 Å². The van der Waals surface area contributed by atoms with Crippen molar-refractivity contribution in [2.24, 2.45) is 0 Å². The maximum Gasteiger partial charge on any atom is 0.326 e. The van der Waals surface area contributed by atoms with Crippen LogP contribution >= 0.6 is 0 Å². The van der Waals surface area contributed by atoms with Gasteiger partial charge in [-0.15, -0.1) is 0 Å². The van der Waals surface area contributed by atoms with Gasteiger partial charge in [0, 0.05) is 25.0 Å². The number of carbonyl (C=O) groups excluding carboxylic acids is 3. The van der Waals surface area contributed by atoms with Crippen molar-refractivity contribution < 1.29 is 33.9 Å². The van der Waals surface area contributed by atoms with Gasteiger partial charge in [-0.25, -0.2) is 4.79 Å². The van der Waals surface area contributed by atoms with Crippen molar-refractivity contribution in [3.05, 3.63) is 69.8 Å². The number of carboxylic acids is 1. The Morgan fingerprint density at radius 1 is 1.09 bits per heavy atom. The van der Waals surface area contributed by atoms with Crippen molar-refractivity contribution >= 4 is 35.1 Å². The van der Waals surface area contributed by atoms with Crippen LogP contribution in [0.2, 0.25) is 0 Å². The smallest absolute Gasteiger partial charge is 0.326 e. The lowest BCUT2D eigenvalue weighted by atomic mass is 9.88. The summed E-state index contributed by atoms with van der Waals surface area (Å²) < 4.78 is 4.94. The third-order valence-corrected chi connectivity index (χ3v) is 4.66. The molecule has 0 bridgehead atoms. The summed E-state index contributed by atoms with van der Waals surface area (Å²) >= 11 is 0. The zero-order valence-corrected chi connectivity index (χ0v) is 17.9. The molecule has 0 saturated heterocycles. The quantitative estimate of drug-likeness (QED) is 0.278. The van der Waals surface area contributed by atoms with E-state index in [-0.39, 0.29) is 29.1 Å². The number of anilines is 1. The van der Waals surface area contributed by atoms with Gasteiger partial charge in [-0.05, 0) is 24.6 Å². The van der Waals surface area contributed by atoms with E-state index in [1.807, 2.05) is 0 Å². The Morgan fingerprint density at radius 3 is 2.27 bits per heavy atom. The predicted molar refractivity (Wildman–Crippen MR) is 117 cm³/mol. The Morgan fingerprint density at radius 2 is 1.73 bits per heavy atom. The van der Waals surface area contributed by atoms with E-state index in [2.05, 4.69) is 10.6 Å². The minimum Gasteiger partial charge on any atom is -0.480 e. The second-order valence-electron chi connectivity index (χ2n) is 6.98. The number of benzene rings is 2. The molecule has 0 aliphatic carbocycles. The van der Waals surface area contributed by atoms with Gasteiger partial charge in [0.05, 0.1) is 29.2 Å². The highest BCUT2D eigenvalue weighted by atomic mass is 16.6. The van der Waals surface area contributed by atoms with Crippen molar-refractivity contribution in [3.8, 4) is 0 Å². The van der Waals surface area contributed by atoms with E-state index >= 15 is 0 Å². The van der Waals surface area contributed by atoms with Gasteiger partial charge in [0.25, 0.3) is 11.6 Å². The SMILES string of the molecule is CCOC(=O)C[C@H](c1ccc([N+](=O)[O-])cc1)[C@@H](NC(=O)c1ccccc1NC(C)=O)C(=O)O. The van der Waals surface area contributed by atoms with Crippen LogP contribution in [0.1, 0.15) is 42.1 Å². The van der Waals surface area contributed by atoms with Crippen LogP contribution in [0.15, 0.2) is 48.5 Å². The van der Waals surface area contributed by atoms with Crippen LogP contribution in [-0.2, 0) is 19.1 Å². The lowest BCUT2D eigenvalue weighted by molar-refractivity contribution is -0.384. The molecule has 0 heterocycles.